The molecule has 104 valence electrons. The first kappa shape index (κ1) is 15.9. The number of benzene rings is 1. The van der Waals surface area contributed by atoms with Crippen LogP contribution < -0.4 is 5.32 Å². The van der Waals surface area contributed by atoms with Crippen LogP contribution in [0.25, 0.3) is 0 Å². The maximum Gasteiger partial charge on any atom is 0.321 e. The molecule has 8 heteroatoms. The Morgan fingerprint density at radius 3 is 2.37 bits per heavy atom. The summed E-state index contributed by atoms with van der Waals surface area (Å²) in [6, 6.07) is 1.96. The second kappa shape index (κ2) is 6.85. The molecular weight excluding hydrogens is 387 g/mol. The average molecular weight is 398 g/mol. The predicted molar refractivity (Wildman–Crippen MR) is 75.7 cm³/mol. The second-order valence-electron chi connectivity index (χ2n) is 3.74. The molecule has 19 heavy (non-hydrogen) atoms. The normalized spacial score (nSPS) is 10.1. The Hall–Kier alpha value is -1.15. The van der Waals surface area contributed by atoms with Crippen molar-refractivity contribution >= 4 is 49.5 Å². The van der Waals surface area contributed by atoms with Gasteiger partial charge in [-0.25, -0.2) is 9.18 Å². The fourth-order valence-corrected chi connectivity index (χ4v) is 2.56. The quantitative estimate of drug-likeness (QED) is 0.818. The topological polar surface area (TPSA) is 69.6 Å². The zero-order valence-corrected chi connectivity index (χ0v) is 13.1. The number of amides is 2. The molecule has 1 aromatic carbocycles. The highest BCUT2D eigenvalue weighted by molar-refractivity contribution is 9.11. The Morgan fingerprint density at radius 1 is 1.37 bits per heavy atom. The summed E-state index contributed by atoms with van der Waals surface area (Å²) in [5, 5.41) is 11.1. The number of aliphatic carboxylic acids is 1. The van der Waals surface area contributed by atoms with Crippen molar-refractivity contribution < 1.29 is 19.1 Å². The van der Waals surface area contributed by atoms with Gasteiger partial charge in [0.1, 0.15) is 5.82 Å². The lowest BCUT2D eigenvalue weighted by molar-refractivity contribution is -0.137. The van der Waals surface area contributed by atoms with Crippen LogP contribution in [-0.4, -0.2) is 35.6 Å². The Kier molecular flexibility index (Phi) is 5.74. The van der Waals surface area contributed by atoms with Crippen LogP contribution in [0, 0.1) is 5.82 Å². The molecule has 0 aliphatic rings. The van der Waals surface area contributed by atoms with E-state index in [0.29, 0.717) is 14.6 Å². The number of carbonyl (C=O) groups is 2. The molecular formula is C11H11Br2FN2O3. The van der Waals surface area contributed by atoms with Crippen LogP contribution in [0.2, 0.25) is 0 Å². The third kappa shape index (κ3) is 4.79. The number of halogens is 3. The molecule has 0 saturated carbocycles. The minimum absolute atomic E-state index is 0.0810. The van der Waals surface area contributed by atoms with E-state index in [-0.39, 0.29) is 13.0 Å². The summed E-state index contributed by atoms with van der Waals surface area (Å²) >= 11 is 6.28. The highest BCUT2D eigenvalue weighted by Crippen LogP contribution is 2.32. The molecule has 2 amide bonds. The van der Waals surface area contributed by atoms with Crippen LogP contribution in [0.15, 0.2) is 21.1 Å². The molecule has 0 saturated heterocycles. The van der Waals surface area contributed by atoms with Gasteiger partial charge in [-0.3, -0.25) is 4.79 Å². The molecule has 2 N–H and O–H groups in total. The third-order valence-corrected chi connectivity index (χ3v) is 3.50. The van der Waals surface area contributed by atoms with E-state index >= 15 is 0 Å². The molecule has 5 nitrogen and oxygen atoms in total. The molecule has 0 bridgehead atoms. The van der Waals surface area contributed by atoms with E-state index in [1.165, 1.54) is 24.1 Å². The van der Waals surface area contributed by atoms with Gasteiger partial charge in [-0.15, -0.1) is 0 Å². The van der Waals surface area contributed by atoms with E-state index < -0.39 is 17.8 Å². The SMILES string of the molecule is CN(CCC(=O)O)C(=O)Nc1c(Br)cc(F)cc1Br. The van der Waals surface area contributed by atoms with Crippen LogP contribution in [0.1, 0.15) is 6.42 Å². The number of hydrogen-bond acceptors (Lipinski definition) is 2. The van der Waals surface area contributed by atoms with Crippen molar-refractivity contribution in [1.82, 2.24) is 4.90 Å². The number of anilines is 1. The molecule has 0 fully saturated rings. The van der Waals surface area contributed by atoms with Crippen molar-refractivity contribution in [2.45, 2.75) is 6.42 Å². The van der Waals surface area contributed by atoms with E-state index in [1.807, 2.05) is 0 Å². The first-order chi connectivity index (χ1) is 8.81. The van der Waals surface area contributed by atoms with Crippen molar-refractivity contribution in [2.24, 2.45) is 0 Å². The number of nitrogens with zero attached hydrogens (tertiary/aromatic N) is 1. The monoisotopic (exact) mass is 396 g/mol. The van der Waals surface area contributed by atoms with Gasteiger partial charge in [0.25, 0.3) is 0 Å². The van der Waals surface area contributed by atoms with Crippen molar-refractivity contribution in [2.75, 3.05) is 18.9 Å². The summed E-state index contributed by atoms with van der Waals surface area (Å²) in [4.78, 5) is 23.4. The molecule has 1 aromatic rings. The smallest absolute Gasteiger partial charge is 0.321 e. The Bertz CT molecular complexity index is 488. The highest BCUT2D eigenvalue weighted by atomic mass is 79.9. The summed E-state index contributed by atoms with van der Waals surface area (Å²) in [6.07, 6.45) is -0.143. The van der Waals surface area contributed by atoms with Crippen LogP contribution in [0.4, 0.5) is 14.9 Å². The van der Waals surface area contributed by atoms with Gasteiger partial charge >= 0.3 is 12.0 Å². The van der Waals surface area contributed by atoms with Crippen LogP contribution >= 0.6 is 31.9 Å². The number of carbonyl (C=O) groups excluding carboxylic acids is 1. The summed E-state index contributed by atoms with van der Waals surface area (Å²) < 4.78 is 13.8. The van der Waals surface area contributed by atoms with Gasteiger partial charge in [0.15, 0.2) is 0 Å². The van der Waals surface area contributed by atoms with Crippen LogP contribution in [0.3, 0.4) is 0 Å². The minimum Gasteiger partial charge on any atom is -0.481 e. The summed E-state index contributed by atoms with van der Waals surface area (Å²) in [6.45, 7) is 0.0810. The minimum atomic E-state index is -0.983. The number of urea groups is 1. The second-order valence-corrected chi connectivity index (χ2v) is 5.45. The van der Waals surface area contributed by atoms with Crippen molar-refractivity contribution in [3.8, 4) is 0 Å². The molecule has 0 aliphatic heterocycles. The Morgan fingerprint density at radius 2 is 1.89 bits per heavy atom. The lowest BCUT2D eigenvalue weighted by Crippen LogP contribution is -2.33. The first-order valence-electron chi connectivity index (χ1n) is 5.19. The van der Waals surface area contributed by atoms with Crippen molar-refractivity contribution in [3.05, 3.63) is 26.9 Å². The molecule has 0 heterocycles. The van der Waals surface area contributed by atoms with E-state index in [9.17, 15) is 14.0 Å². The Labute approximate surface area is 126 Å². The number of rotatable bonds is 4. The lowest BCUT2D eigenvalue weighted by Gasteiger charge is -2.18. The van der Waals surface area contributed by atoms with Gasteiger partial charge in [-0.2, -0.15) is 0 Å². The fourth-order valence-electron chi connectivity index (χ4n) is 1.23. The van der Waals surface area contributed by atoms with E-state index in [2.05, 4.69) is 37.2 Å². The lowest BCUT2D eigenvalue weighted by atomic mass is 10.3. The maximum absolute atomic E-state index is 13.1. The number of nitrogens with one attached hydrogen (secondary N) is 1. The summed E-state index contributed by atoms with van der Waals surface area (Å²) in [5.41, 5.74) is 0.383. The molecule has 0 radical (unpaired) electrons. The van der Waals surface area contributed by atoms with Gasteiger partial charge < -0.3 is 15.3 Å². The van der Waals surface area contributed by atoms with Crippen LogP contribution in [0.5, 0.6) is 0 Å². The number of hydrogen-bond donors (Lipinski definition) is 2. The molecule has 0 atom stereocenters. The third-order valence-electron chi connectivity index (χ3n) is 2.25. The molecule has 0 spiro atoms. The molecule has 0 aliphatic carbocycles. The van der Waals surface area contributed by atoms with Gasteiger partial charge in [0, 0.05) is 22.5 Å². The molecule has 1 rings (SSSR count). The van der Waals surface area contributed by atoms with Gasteiger partial charge in [0.2, 0.25) is 0 Å². The molecule has 0 unspecified atom stereocenters. The highest BCUT2D eigenvalue weighted by Gasteiger charge is 2.14. The van der Waals surface area contributed by atoms with E-state index in [4.69, 9.17) is 5.11 Å². The Balaban J connectivity index is 2.74. The van der Waals surface area contributed by atoms with Crippen molar-refractivity contribution in [3.63, 3.8) is 0 Å². The van der Waals surface area contributed by atoms with Crippen molar-refractivity contribution in [1.29, 1.82) is 0 Å². The van der Waals surface area contributed by atoms with E-state index in [0.717, 1.165) is 0 Å². The zero-order valence-electron chi connectivity index (χ0n) is 9.91. The number of carboxylic acid groups (broad SMARTS) is 1. The van der Waals surface area contributed by atoms with E-state index in [1.54, 1.807) is 0 Å². The largest absolute Gasteiger partial charge is 0.481 e. The van der Waals surface area contributed by atoms with Gasteiger partial charge in [0.05, 0.1) is 12.1 Å². The summed E-state index contributed by atoms with van der Waals surface area (Å²) in [7, 11) is 1.48. The van der Waals surface area contributed by atoms with Crippen LogP contribution in [-0.2, 0) is 4.79 Å². The molecule has 0 aromatic heterocycles. The maximum atomic E-state index is 13.1. The fraction of sp³-hybridized carbons (Fsp3) is 0.273. The first-order valence-corrected chi connectivity index (χ1v) is 6.78. The zero-order chi connectivity index (χ0) is 14.6. The standard InChI is InChI=1S/C11H11Br2FN2O3/c1-16(3-2-9(17)18)11(19)15-10-7(12)4-6(14)5-8(10)13/h4-5H,2-3H2,1H3,(H,15,19)(H,17,18). The average Bonchev–Trinajstić information content (AvgIpc) is 2.30. The van der Waals surface area contributed by atoms with Gasteiger partial charge in [-0.05, 0) is 44.0 Å². The van der Waals surface area contributed by atoms with Gasteiger partial charge in [-0.1, -0.05) is 0 Å². The summed E-state index contributed by atoms with van der Waals surface area (Å²) in [5.74, 6) is -1.43. The predicted octanol–water partition coefficient (Wildman–Crippen LogP) is 3.29. The number of carboxylic acids is 1.